The monoisotopic (exact) mass is 1070 g/mol. The zero-order chi connectivity index (χ0) is 55.7. The number of rotatable bonds is 58. The Bertz CT molecular complexity index is 1560. The molecule has 0 saturated heterocycles. The highest BCUT2D eigenvalue weighted by Crippen LogP contribution is 2.16. The largest absolute Gasteiger partial charge is 0.462 e. The molecule has 6 heteroatoms. The zero-order valence-electron chi connectivity index (χ0n) is 50.4. The van der Waals surface area contributed by atoms with E-state index in [1.807, 2.05) is 0 Å². The van der Waals surface area contributed by atoms with Gasteiger partial charge in [-0.25, -0.2) is 0 Å². The van der Waals surface area contributed by atoms with Gasteiger partial charge in [0.2, 0.25) is 0 Å². The van der Waals surface area contributed by atoms with Crippen LogP contribution >= 0.6 is 0 Å². The number of carbonyl (C=O) groups is 3. The van der Waals surface area contributed by atoms with Gasteiger partial charge < -0.3 is 14.2 Å². The van der Waals surface area contributed by atoms with Crippen LogP contribution in [0.25, 0.3) is 0 Å². The number of hydrogen-bond donors (Lipinski definition) is 0. The molecule has 0 spiro atoms. The number of unbranched alkanes of at least 4 members (excludes halogenated alkanes) is 29. The minimum atomic E-state index is -0.804. The maximum absolute atomic E-state index is 12.9. The highest BCUT2D eigenvalue weighted by Gasteiger charge is 2.19. The van der Waals surface area contributed by atoms with Crippen LogP contribution in [0.15, 0.2) is 109 Å². The van der Waals surface area contributed by atoms with Gasteiger partial charge in [-0.1, -0.05) is 271 Å². The lowest BCUT2D eigenvalue weighted by molar-refractivity contribution is -0.167. The average molecular weight is 1070 g/mol. The summed E-state index contributed by atoms with van der Waals surface area (Å²) in [6, 6.07) is 0. The van der Waals surface area contributed by atoms with Gasteiger partial charge in [0.15, 0.2) is 6.10 Å². The van der Waals surface area contributed by atoms with Crippen LogP contribution in [-0.4, -0.2) is 37.2 Å². The molecule has 0 aromatic heterocycles. The van der Waals surface area contributed by atoms with Crippen LogP contribution < -0.4 is 0 Å². The van der Waals surface area contributed by atoms with Crippen LogP contribution in [0.2, 0.25) is 0 Å². The second-order valence-corrected chi connectivity index (χ2v) is 21.3. The number of carbonyl (C=O) groups excluding carboxylic acids is 3. The first-order valence-corrected chi connectivity index (χ1v) is 32.4. The molecule has 1 unspecified atom stereocenters. The SMILES string of the molecule is CC/C=C\C/C=C\C/C=C\C/C=C\C/C=C\CCCCCCCC(=O)OC(COC(=O)CCCCC/C=C\C/C=C\C/C=C\CC)COC(=O)CCCCCCCCCCCCCCC/C=C\CCCCCCCCCC. The molecule has 6 nitrogen and oxygen atoms in total. The topological polar surface area (TPSA) is 78.9 Å². The van der Waals surface area contributed by atoms with Crippen LogP contribution in [0.5, 0.6) is 0 Å². The van der Waals surface area contributed by atoms with Crippen LogP contribution in [0.1, 0.15) is 303 Å². The molecule has 0 amide bonds. The molecule has 0 saturated carbocycles. The minimum absolute atomic E-state index is 0.0958. The lowest BCUT2D eigenvalue weighted by Crippen LogP contribution is -2.30. The summed E-state index contributed by atoms with van der Waals surface area (Å²) in [6.45, 7) is 6.39. The highest BCUT2D eigenvalue weighted by molar-refractivity contribution is 5.71. The molecule has 0 aromatic rings. The maximum Gasteiger partial charge on any atom is 0.306 e. The molecule has 0 bridgehead atoms. The Kier molecular flexibility index (Phi) is 61.3. The van der Waals surface area contributed by atoms with Crippen LogP contribution in [0, 0.1) is 0 Å². The zero-order valence-corrected chi connectivity index (χ0v) is 50.4. The van der Waals surface area contributed by atoms with Crippen molar-refractivity contribution in [3.05, 3.63) is 109 Å². The maximum atomic E-state index is 12.9. The Morgan fingerprint density at radius 1 is 0.273 bits per heavy atom. The van der Waals surface area contributed by atoms with Gasteiger partial charge in [0.05, 0.1) is 0 Å². The van der Waals surface area contributed by atoms with E-state index < -0.39 is 6.10 Å². The van der Waals surface area contributed by atoms with Crippen LogP contribution in [0.4, 0.5) is 0 Å². The van der Waals surface area contributed by atoms with Gasteiger partial charge in [0.25, 0.3) is 0 Å². The normalized spacial score (nSPS) is 12.8. The van der Waals surface area contributed by atoms with Crippen LogP contribution in [0.3, 0.4) is 0 Å². The van der Waals surface area contributed by atoms with E-state index in [-0.39, 0.29) is 31.1 Å². The minimum Gasteiger partial charge on any atom is -0.462 e. The molecule has 0 heterocycles. The lowest BCUT2D eigenvalue weighted by Gasteiger charge is -2.18. The molecule has 1 atom stereocenters. The third kappa shape index (κ3) is 62.8. The second kappa shape index (κ2) is 64.6. The van der Waals surface area contributed by atoms with Gasteiger partial charge in [-0.2, -0.15) is 0 Å². The molecular formula is C71H120O6. The van der Waals surface area contributed by atoms with Gasteiger partial charge in [0, 0.05) is 19.3 Å². The van der Waals surface area contributed by atoms with Crippen LogP contribution in [-0.2, 0) is 28.6 Å². The first-order valence-electron chi connectivity index (χ1n) is 32.4. The van der Waals surface area contributed by atoms with Crippen molar-refractivity contribution in [2.24, 2.45) is 0 Å². The van der Waals surface area contributed by atoms with Crippen molar-refractivity contribution in [3.63, 3.8) is 0 Å². The summed E-state index contributed by atoms with van der Waals surface area (Å²) in [4.78, 5) is 38.3. The summed E-state index contributed by atoms with van der Waals surface area (Å²) in [5, 5.41) is 0. The third-order valence-electron chi connectivity index (χ3n) is 13.7. The molecule has 0 aliphatic heterocycles. The quantitative estimate of drug-likeness (QED) is 0.0261. The summed E-state index contributed by atoms with van der Waals surface area (Å²) in [5.74, 6) is -0.939. The first kappa shape index (κ1) is 73.1. The number of allylic oxidation sites excluding steroid dienone is 18. The molecular weight excluding hydrogens is 949 g/mol. The molecule has 0 aromatic carbocycles. The van der Waals surface area contributed by atoms with E-state index in [0.717, 1.165) is 135 Å². The Morgan fingerprint density at radius 2 is 0.506 bits per heavy atom. The van der Waals surface area contributed by atoms with Crippen molar-refractivity contribution in [3.8, 4) is 0 Å². The molecule has 0 aliphatic carbocycles. The summed E-state index contributed by atoms with van der Waals surface area (Å²) in [5.41, 5.74) is 0. The smallest absolute Gasteiger partial charge is 0.306 e. The number of esters is 3. The molecule has 0 radical (unpaired) electrons. The van der Waals surface area contributed by atoms with Crippen molar-refractivity contribution in [2.75, 3.05) is 13.2 Å². The van der Waals surface area contributed by atoms with Gasteiger partial charge in [0.1, 0.15) is 13.2 Å². The highest BCUT2D eigenvalue weighted by atomic mass is 16.6. The van der Waals surface area contributed by atoms with Crippen molar-refractivity contribution >= 4 is 17.9 Å². The first-order chi connectivity index (χ1) is 38.0. The van der Waals surface area contributed by atoms with Gasteiger partial charge in [-0.05, 0) is 122 Å². The summed E-state index contributed by atoms with van der Waals surface area (Å²) in [7, 11) is 0. The fourth-order valence-electron chi connectivity index (χ4n) is 8.95. The third-order valence-corrected chi connectivity index (χ3v) is 13.7. The van der Waals surface area contributed by atoms with Crippen molar-refractivity contribution in [2.45, 2.75) is 309 Å². The molecule has 77 heavy (non-hydrogen) atoms. The van der Waals surface area contributed by atoms with E-state index >= 15 is 0 Å². The van der Waals surface area contributed by atoms with E-state index in [4.69, 9.17) is 14.2 Å². The van der Waals surface area contributed by atoms with E-state index in [2.05, 4.69) is 130 Å². The Morgan fingerprint density at radius 3 is 0.818 bits per heavy atom. The van der Waals surface area contributed by atoms with E-state index in [0.29, 0.717) is 19.3 Å². The molecule has 0 N–H and O–H groups in total. The average Bonchev–Trinajstić information content (AvgIpc) is 3.43. The Labute approximate surface area is 476 Å². The van der Waals surface area contributed by atoms with Crippen molar-refractivity contribution < 1.29 is 28.6 Å². The van der Waals surface area contributed by atoms with E-state index in [1.165, 1.54) is 128 Å². The van der Waals surface area contributed by atoms with E-state index in [9.17, 15) is 14.4 Å². The molecule has 0 fully saturated rings. The Balaban J connectivity index is 4.35. The van der Waals surface area contributed by atoms with Crippen molar-refractivity contribution in [1.29, 1.82) is 0 Å². The molecule has 440 valence electrons. The van der Waals surface area contributed by atoms with Gasteiger partial charge in [-0.3, -0.25) is 14.4 Å². The van der Waals surface area contributed by atoms with Crippen molar-refractivity contribution in [1.82, 2.24) is 0 Å². The fraction of sp³-hybridized carbons (Fsp3) is 0.704. The molecule has 0 aliphatic rings. The predicted octanol–water partition coefficient (Wildman–Crippen LogP) is 22.2. The van der Waals surface area contributed by atoms with Gasteiger partial charge in [-0.15, -0.1) is 0 Å². The standard InChI is InChI=1S/C71H120O6/c1-4-7-10-13-16-19-22-25-27-29-31-33-34-35-36-38-39-41-43-46-49-52-55-58-61-64-70(73)76-67-68(66-75-69(72)63-60-57-54-51-48-45-24-21-18-15-12-9-6-3)77-71(74)65-62-59-56-53-50-47-44-42-40-37-32-30-28-26-23-20-17-14-11-8-5-2/h8-9,11-12,17-18,20-21,26,28-29,31-32,37,42,44-45,48,68H,4-7,10,13-16,19,22-25,27,30,33-36,38-41,43,46-47,49-67H2,1-3H3/b11-8-,12-9-,20-17-,21-18-,28-26-,31-29-,37-32-,44-42-,48-45-. The van der Waals surface area contributed by atoms with Gasteiger partial charge >= 0.3 is 17.9 Å². The number of hydrogen-bond acceptors (Lipinski definition) is 6. The van der Waals surface area contributed by atoms with E-state index in [1.54, 1.807) is 0 Å². The summed E-state index contributed by atoms with van der Waals surface area (Å²) < 4.78 is 16.9. The predicted molar refractivity (Wildman–Crippen MR) is 334 cm³/mol. The molecule has 0 rings (SSSR count). The number of ether oxygens (including phenoxy) is 3. The summed E-state index contributed by atoms with van der Waals surface area (Å²) in [6.07, 6.45) is 88.2. The Hall–Kier alpha value is -3.93. The fourth-order valence-corrected chi connectivity index (χ4v) is 8.95. The lowest BCUT2D eigenvalue weighted by atomic mass is 10.0. The second-order valence-electron chi connectivity index (χ2n) is 21.3. The summed E-state index contributed by atoms with van der Waals surface area (Å²) >= 11 is 0.